The number of aliphatic hydroxyl groups excluding tert-OH is 1. The van der Waals surface area contributed by atoms with Crippen molar-refractivity contribution in [2.45, 2.75) is 57.9 Å². The molecule has 1 aliphatic carbocycles. The summed E-state index contributed by atoms with van der Waals surface area (Å²) in [6.45, 7) is 6.87. The monoisotopic (exact) mass is 313 g/mol. The van der Waals surface area contributed by atoms with E-state index in [1.54, 1.807) is 0 Å². The molecule has 22 heavy (non-hydrogen) atoms. The van der Waals surface area contributed by atoms with Crippen molar-refractivity contribution in [2.75, 3.05) is 13.2 Å². The van der Waals surface area contributed by atoms with Crippen LogP contribution in [0.4, 0.5) is 8.78 Å². The van der Waals surface area contributed by atoms with Crippen LogP contribution in [0.1, 0.15) is 39.2 Å². The van der Waals surface area contributed by atoms with Gasteiger partial charge in [-0.15, -0.1) is 0 Å². The van der Waals surface area contributed by atoms with Crippen molar-refractivity contribution < 1.29 is 18.6 Å². The molecule has 0 spiro atoms. The van der Waals surface area contributed by atoms with Gasteiger partial charge in [-0.05, 0) is 39.7 Å². The van der Waals surface area contributed by atoms with E-state index in [0.29, 0.717) is 24.7 Å². The smallest absolute Gasteiger partial charge is 0.130 e. The summed E-state index contributed by atoms with van der Waals surface area (Å²) in [5.74, 6) is -1.11. The molecule has 1 saturated carbocycles. The minimum Gasteiger partial charge on any atom is -0.389 e. The van der Waals surface area contributed by atoms with Crippen LogP contribution in [-0.4, -0.2) is 40.9 Å². The van der Waals surface area contributed by atoms with Crippen molar-refractivity contribution >= 4 is 0 Å². The first-order chi connectivity index (χ1) is 10.2. The number of rotatable bonds is 7. The van der Waals surface area contributed by atoms with Crippen LogP contribution < -0.4 is 0 Å². The highest BCUT2D eigenvalue weighted by molar-refractivity contribution is 5.18. The maximum Gasteiger partial charge on any atom is 0.130 e. The van der Waals surface area contributed by atoms with Crippen LogP contribution in [-0.2, 0) is 11.3 Å². The molecule has 1 N–H and O–H groups in total. The molecule has 0 aromatic heterocycles. The highest BCUT2D eigenvalue weighted by Crippen LogP contribution is 2.29. The van der Waals surface area contributed by atoms with E-state index < -0.39 is 17.7 Å². The number of hydrogen-bond acceptors (Lipinski definition) is 3. The molecule has 1 aromatic carbocycles. The fourth-order valence-corrected chi connectivity index (χ4v) is 2.32. The molecule has 0 radical (unpaired) electrons. The van der Waals surface area contributed by atoms with Crippen molar-refractivity contribution in [1.29, 1.82) is 0 Å². The molecular formula is C17H25F2NO2. The lowest BCUT2D eigenvalue weighted by Crippen LogP contribution is -2.38. The lowest BCUT2D eigenvalue weighted by atomic mass is 10.1. The van der Waals surface area contributed by atoms with Crippen molar-refractivity contribution in [3.8, 4) is 0 Å². The number of hydrogen-bond donors (Lipinski definition) is 1. The highest BCUT2D eigenvalue weighted by atomic mass is 19.1. The first kappa shape index (κ1) is 17.3. The molecule has 3 nitrogen and oxygen atoms in total. The van der Waals surface area contributed by atoms with Gasteiger partial charge in [-0.2, -0.15) is 0 Å². The van der Waals surface area contributed by atoms with Crippen LogP contribution in [0, 0.1) is 11.6 Å². The van der Waals surface area contributed by atoms with E-state index >= 15 is 0 Å². The standard InChI is InChI=1S/C17H25F2NO2/c1-17(2,3)22-11-15(21)10-20(14-6-7-14)9-12-4-5-13(18)8-16(12)19/h4-5,8,14-15,21H,6-7,9-11H2,1-3H3. The zero-order chi connectivity index (χ0) is 16.3. The van der Waals surface area contributed by atoms with Gasteiger partial charge in [0.05, 0.1) is 18.3 Å². The Hall–Kier alpha value is -1.04. The molecule has 1 aromatic rings. The molecule has 124 valence electrons. The van der Waals surface area contributed by atoms with E-state index in [1.165, 1.54) is 12.1 Å². The van der Waals surface area contributed by atoms with E-state index in [0.717, 1.165) is 18.9 Å². The molecule has 5 heteroatoms. The average Bonchev–Trinajstić information content (AvgIpc) is 3.22. The van der Waals surface area contributed by atoms with Crippen LogP contribution in [0.15, 0.2) is 18.2 Å². The zero-order valence-electron chi connectivity index (χ0n) is 13.5. The summed E-state index contributed by atoms with van der Waals surface area (Å²) in [4.78, 5) is 2.05. The summed E-state index contributed by atoms with van der Waals surface area (Å²) in [7, 11) is 0. The van der Waals surface area contributed by atoms with Crippen LogP contribution in [0.25, 0.3) is 0 Å². The average molecular weight is 313 g/mol. The number of benzene rings is 1. The Morgan fingerprint density at radius 3 is 2.55 bits per heavy atom. The van der Waals surface area contributed by atoms with Gasteiger partial charge >= 0.3 is 0 Å². The van der Waals surface area contributed by atoms with Crippen LogP contribution in [0.3, 0.4) is 0 Å². The Kier molecular flexibility index (Phi) is 5.53. The van der Waals surface area contributed by atoms with Gasteiger partial charge in [-0.25, -0.2) is 8.78 Å². The number of ether oxygens (including phenoxy) is 1. The number of aliphatic hydroxyl groups is 1. The van der Waals surface area contributed by atoms with Crippen LogP contribution >= 0.6 is 0 Å². The van der Waals surface area contributed by atoms with E-state index in [4.69, 9.17) is 4.74 Å². The number of nitrogens with zero attached hydrogens (tertiary/aromatic N) is 1. The fourth-order valence-electron chi connectivity index (χ4n) is 2.32. The molecule has 2 rings (SSSR count). The molecule has 1 atom stereocenters. The van der Waals surface area contributed by atoms with Crippen molar-refractivity contribution in [3.05, 3.63) is 35.4 Å². The van der Waals surface area contributed by atoms with Gasteiger partial charge in [0.2, 0.25) is 0 Å². The maximum atomic E-state index is 13.8. The molecule has 0 aliphatic heterocycles. The topological polar surface area (TPSA) is 32.7 Å². The Morgan fingerprint density at radius 2 is 2.00 bits per heavy atom. The zero-order valence-corrected chi connectivity index (χ0v) is 13.5. The second kappa shape index (κ2) is 7.02. The van der Waals surface area contributed by atoms with Crippen molar-refractivity contribution in [3.63, 3.8) is 0 Å². The molecule has 1 fully saturated rings. The molecule has 1 aliphatic rings. The Labute approximate surface area is 130 Å². The third-order valence-corrected chi connectivity index (χ3v) is 3.61. The third-order valence-electron chi connectivity index (χ3n) is 3.61. The van der Waals surface area contributed by atoms with Gasteiger partial charge in [0.1, 0.15) is 11.6 Å². The second-order valence-electron chi connectivity index (χ2n) is 6.97. The van der Waals surface area contributed by atoms with Crippen molar-refractivity contribution in [1.82, 2.24) is 4.90 Å². The van der Waals surface area contributed by atoms with Crippen LogP contribution in [0.5, 0.6) is 0 Å². The molecule has 1 unspecified atom stereocenters. The van der Waals surface area contributed by atoms with Gasteiger partial charge in [0, 0.05) is 30.8 Å². The largest absolute Gasteiger partial charge is 0.389 e. The van der Waals surface area contributed by atoms with Gasteiger partial charge in [-0.3, -0.25) is 4.90 Å². The molecule has 0 bridgehead atoms. The summed E-state index contributed by atoms with van der Waals surface area (Å²) in [6, 6.07) is 4.01. The van der Waals surface area contributed by atoms with E-state index in [9.17, 15) is 13.9 Å². The fraction of sp³-hybridized carbons (Fsp3) is 0.647. The first-order valence-electron chi connectivity index (χ1n) is 7.74. The minimum absolute atomic E-state index is 0.249. The summed E-state index contributed by atoms with van der Waals surface area (Å²) in [5.41, 5.74) is 0.159. The van der Waals surface area contributed by atoms with Gasteiger partial charge in [0.25, 0.3) is 0 Å². The minimum atomic E-state index is -0.622. The predicted molar refractivity (Wildman–Crippen MR) is 81.5 cm³/mol. The molecular weight excluding hydrogens is 288 g/mol. The second-order valence-corrected chi connectivity index (χ2v) is 6.97. The summed E-state index contributed by atoms with van der Waals surface area (Å²) in [6.07, 6.45) is 1.48. The Balaban J connectivity index is 1.92. The van der Waals surface area contributed by atoms with E-state index in [-0.39, 0.29) is 12.2 Å². The van der Waals surface area contributed by atoms with Gasteiger partial charge in [-0.1, -0.05) is 6.07 Å². The van der Waals surface area contributed by atoms with E-state index in [1.807, 2.05) is 25.7 Å². The molecule has 0 heterocycles. The summed E-state index contributed by atoms with van der Waals surface area (Å²) >= 11 is 0. The quantitative estimate of drug-likeness (QED) is 0.839. The SMILES string of the molecule is CC(C)(C)OCC(O)CN(Cc1ccc(F)cc1F)C1CC1. The Bertz CT molecular complexity index is 498. The lowest BCUT2D eigenvalue weighted by Gasteiger charge is -2.27. The van der Waals surface area contributed by atoms with E-state index in [2.05, 4.69) is 0 Å². The summed E-state index contributed by atoms with van der Waals surface area (Å²) in [5, 5.41) is 10.1. The normalized spacial score (nSPS) is 17.0. The van der Waals surface area contributed by atoms with Crippen molar-refractivity contribution in [2.24, 2.45) is 0 Å². The Morgan fingerprint density at radius 1 is 1.32 bits per heavy atom. The van der Waals surface area contributed by atoms with Gasteiger partial charge < -0.3 is 9.84 Å². The first-order valence-corrected chi connectivity index (χ1v) is 7.74. The number of halogens is 2. The highest BCUT2D eigenvalue weighted by Gasteiger charge is 2.31. The van der Waals surface area contributed by atoms with Crippen LogP contribution in [0.2, 0.25) is 0 Å². The summed E-state index contributed by atoms with van der Waals surface area (Å²) < 4.78 is 32.3. The predicted octanol–water partition coefficient (Wildman–Crippen LogP) is 3.11. The molecule has 0 amide bonds. The third kappa shape index (κ3) is 5.63. The molecule has 0 saturated heterocycles. The van der Waals surface area contributed by atoms with Gasteiger partial charge in [0.15, 0.2) is 0 Å². The maximum absolute atomic E-state index is 13.8. The lowest BCUT2D eigenvalue weighted by molar-refractivity contribution is -0.0573.